The number of benzene rings is 1. The summed E-state index contributed by atoms with van der Waals surface area (Å²) < 4.78 is 11.3. The first-order valence-electron chi connectivity index (χ1n) is 7.62. The zero-order chi connectivity index (χ0) is 15.2. The van der Waals surface area contributed by atoms with Crippen molar-refractivity contribution in [1.82, 2.24) is 5.32 Å². The summed E-state index contributed by atoms with van der Waals surface area (Å²) in [6.07, 6.45) is 1.03. The summed E-state index contributed by atoms with van der Waals surface area (Å²) in [5.74, 6) is 2.90. The summed E-state index contributed by atoms with van der Waals surface area (Å²) in [6.45, 7) is 9.85. The fraction of sp³-hybridized carbons (Fsp3) is 0.444. The first kappa shape index (κ1) is 15.6. The Kier molecular flexibility index (Phi) is 5.45. The minimum atomic E-state index is 0.266. The van der Waals surface area contributed by atoms with E-state index < -0.39 is 0 Å². The fourth-order valence-corrected chi connectivity index (χ4v) is 2.43. The Morgan fingerprint density at radius 3 is 2.71 bits per heavy atom. The first-order valence-corrected chi connectivity index (χ1v) is 7.62. The van der Waals surface area contributed by atoms with Crippen LogP contribution in [0.4, 0.5) is 0 Å². The number of ether oxygens (including phenoxy) is 1. The molecule has 3 nitrogen and oxygen atoms in total. The third-order valence-corrected chi connectivity index (χ3v) is 3.53. The molecule has 1 aromatic heterocycles. The van der Waals surface area contributed by atoms with Gasteiger partial charge in [0.2, 0.25) is 0 Å². The highest BCUT2D eigenvalue weighted by Gasteiger charge is 2.12. The van der Waals surface area contributed by atoms with Crippen LogP contribution in [0.1, 0.15) is 49.0 Å². The van der Waals surface area contributed by atoms with Crippen LogP contribution in [0, 0.1) is 13.8 Å². The van der Waals surface area contributed by atoms with Gasteiger partial charge in [0.15, 0.2) is 0 Å². The smallest absolute Gasteiger partial charge is 0.119 e. The molecule has 0 aliphatic rings. The molecule has 1 unspecified atom stereocenters. The average molecular weight is 287 g/mol. The number of furan rings is 1. The summed E-state index contributed by atoms with van der Waals surface area (Å²) in [4.78, 5) is 0. The third-order valence-electron chi connectivity index (χ3n) is 3.53. The summed E-state index contributed by atoms with van der Waals surface area (Å²) in [7, 11) is 0. The molecule has 1 atom stereocenters. The topological polar surface area (TPSA) is 34.4 Å². The fourth-order valence-electron chi connectivity index (χ4n) is 2.43. The lowest BCUT2D eigenvalue weighted by Gasteiger charge is -2.14. The van der Waals surface area contributed by atoms with Crippen molar-refractivity contribution >= 4 is 0 Å². The lowest BCUT2D eigenvalue weighted by molar-refractivity contribution is 0.317. The maximum absolute atomic E-state index is 5.67. The van der Waals surface area contributed by atoms with Gasteiger partial charge in [0, 0.05) is 18.2 Å². The molecule has 3 heteroatoms. The minimum Gasteiger partial charge on any atom is -0.494 e. The Morgan fingerprint density at radius 1 is 1.24 bits per heavy atom. The highest BCUT2D eigenvalue weighted by atomic mass is 16.5. The second-order valence-corrected chi connectivity index (χ2v) is 5.47. The number of rotatable bonds is 7. The molecule has 0 spiro atoms. The largest absolute Gasteiger partial charge is 0.494 e. The van der Waals surface area contributed by atoms with Crippen molar-refractivity contribution < 1.29 is 9.15 Å². The minimum absolute atomic E-state index is 0.266. The van der Waals surface area contributed by atoms with Crippen LogP contribution in [0.2, 0.25) is 0 Å². The van der Waals surface area contributed by atoms with Crippen LogP contribution in [0.5, 0.6) is 5.75 Å². The van der Waals surface area contributed by atoms with E-state index in [4.69, 9.17) is 9.15 Å². The zero-order valence-corrected chi connectivity index (χ0v) is 13.4. The van der Waals surface area contributed by atoms with E-state index in [2.05, 4.69) is 37.4 Å². The molecule has 114 valence electrons. The van der Waals surface area contributed by atoms with Gasteiger partial charge in [-0.2, -0.15) is 0 Å². The van der Waals surface area contributed by atoms with E-state index in [0.29, 0.717) is 0 Å². The standard InChI is InChI=1S/C18H25NO2/c1-5-9-20-17-8-6-7-16(11-17)12-19-14(3)18-10-13(2)21-15(18)4/h6-8,10-11,14,19H,5,9,12H2,1-4H3. The predicted molar refractivity (Wildman–Crippen MR) is 85.7 cm³/mol. The van der Waals surface area contributed by atoms with Crippen molar-refractivity contribution in [1.29, 1.82) is 0 Å². The van der Waals surface area contributed by atoms with Crippen LogP contribution in [-0.2, 0) is 6.54 Å². The van der Waals surface area contributed by atoms with Crippen LogP contribution in [0.3, 0.4) is 0 Å². The predicted octanol–water partition coefficient (Wildman–Crippen LogP) is 4.54. The monoisotopic (exact) mass is 287 g/mol. The molecule has 1 N–H and O–H groups in total. The molecule has 0 fully saturated rings. The Labute approximate surface area is 127 Å². The average Bonchev–Trinajstić information content (AvgIpc) is 2.82. The zero-order valence-electron chi connectivity index (χ0n) is 13.4. The normalized spacial score (nSPS) is 12.4. The van der Waals surface area contributed by atoms with Gasteiger partial charge in [-0.15, -0.1) is 0 Å². The van der Waals surface area contributed by atoms with Gasteiger partial charge in [-0.25, -0.2) is 0 Å². The van der Waals surface area contributed by atoms with Crippen LogP contribution >= 0.6 is 0 Å². The second kappa shape index (κ2) is 7.32. The Bertz CT molecular complexity index is 574. The molecule has 0 bridgehead atoms. The van der Waals surface area contributed by atoms with E-state index in [1.807, 2.05) is 26.0 Å². The Morgan fingerprint density at radius 2 is 2.05 bits per heavy atom. The summed E-state index contributed by atoms with van der Waals surface area (Å²) in [5.41, 5.74) is 2.46. The molecule has 0 radical (unpaired) electrons. The van der Waals surface area contributed by atoms with E-state index in [-0.39, 0.29) is 6.04 Å². The molecule has 1 heterocycles. The van der Waals surface area contributed by atoms with E-state index in [1.165, 1.54) is 11.1 Å². The summed E-state index contributed by atoms with van der Waals surface area (Å²) in [6, 6.07) is 10.6. The van der Waals surface area contributed by atoms with Gasteiger partial charge in [0.1, 0.15) is 17.3 Å². The molecule has 0 aliphatic carbocycles. The highest BCUT2D eigenvalue weighted by molar-refractivity contribution is 5.29. The van der Waals surface area contributed by atoms with Gasteiger partial charge in [-0.1, -0.05) is 19.1 Å². The lowest BCUT2D eigenvalue weighted by atomic mass is 10.1. The van der Waals surface area contributed by atoms with Crippen LogP contribution in [-0.4, -0.2) is 6.61 Å². The van der Waals surface area contributed by atoms with Gasteiger partial charge >= 0.3 is 0 Å². The van der Waals surface area contributed by atoms with Gasteiger partial charge in [0.25, 0.3) is 0 Å². The van der Waals surface area contributed by atoms with E-state index in [0.717, 1.165) is 36.8 Å². The molecule has 0 aliphatic heterocycles. The molecule has 1 aromatic carbocycles. The van der Waals surface area contributed by atoms with Crippen molar-refractivity contribution in [2.75, 3.05) is 6.61 Å². The van der Waals surface area contributed by atoms with Gasteiger partial charge < -0.3 is 14.5 Å². The van der Waals surface area contributed by atoms with E-state index in [1.54, 1.807) is 0 Å². The molecular weight excluding hydrogens is 262 g/mol. The van der Waals surface area contributed by atoms with E-state index >= 15 is 0 Å². The van der Waals surface area contributed by atoms with Gasteiger partial charge in [-0.05, 0) is 51.0 Å². The Balaban J connectivity index is 1.94. The SMILES string of the molecule is CCCOc1cccc(CNC(C)c2cc(C)oc2C)c1. The quantitative estimate of drug-likeness (QED) is 0.812. The highest BCUT2D eigenvalue weighted by Crippen LogP contribution is 2.22. The first-order chi connectivity index (χ1) is 10.1. The molecule has 0 saturated heterocycles. The van der Waals surface area contributed by atoms with Crippen molar-refractivity contribution in [3.8, 4) is 5.75 Å². The van der Waals surface area contributed by atoms with Crippen LogP contribution < -0.4 is 10.1 Å². The molecule has 0 amide bonds. The Hall–Kier alpha value is -1.74. The number of hydrogen-bond donors (Lipinski definition) is 1. The molecule has 0 saturated carbocycles. The molecule has 2 aromatic rings. The van der Waals surface area contributed by atoms with Crippen LogP contribution in [0.15, 0.2) is 34.7 Å². The van der Waals surface area contributed by atoms with Crippen molar-refractivity contribution in [2.24, 2.45) is 0 Å². The lowest BCUT2D eigenvalue weighted by Crippen LogP contribution is -2.18. The number of hydrogen-bond acceptors (Lipinski definition) is 3. The molecule has 21 heavy (non-hydrogen) atoms. The van der Waals surface area contributed by atoms with Gasteiger partial charge in [-0.3, -0.25) is 0 Å². The molecule has 2 rings (SSSR count). The van der Waals surface area contributed by atoms with Crippen molar-refractivity contribution in [2.45, 2.75) is 46.7 Å². The van der Waals surface area contributed by atoms with Crippen molar-refractivity contribution in [3.05, 3.63) is 53.0 Å². The number of nitrogens with one attached hydrogen (secondary N) is 1. The summed E-state index contributed by atoms with van der Waals surface area (Å²) in [5, 5.41) is 3.54. The van der Waals surface area contributed by atoms with Crippen molar-refractivity contribution in [3.63, 3.8) is 0 Å². The third kappa shape index (κ3) is 4.36. The van der Waals surface area contributed by atoms with E-state index in [9.17, 15) is 0 Å². The summed E-state index contributed by atoms with van der Waals surface area (Å²) >= 11 is 0. The van der Waals surface area contributed by atoms with Crippen LogP contribution in [0.25, 0.3) is 0 Å². The maximum Gasteiger partial charge on any atom is 0.119 e. The molecular formula is C18H25NO2. The van der Waals surface area contributed by atoms with Gasteiger partial charge in [0.05, 0.1) is 6.61 Å². The second-order valence-electron chi connectivity index (χ2n) is 5.47. The maximum atomic E-state index is 5.67. The number of aryl methyl sites for hydroxylation is 2.